The van der Waals surface area contributed by atoms with Crippen molar-refractivity contribution >= 4 is 35.0 Å². The highest BCUT2D eigenvalue weighted by Crippen LogP contribution is 2.23. The van der Waals surface area contributed by atoms with E-state index in [1.165, 1.54) is 12.5 Å². The minimum Gasteiger partial charge on any atom is -0.440 e. The van der Waals surface area contributed by atoms with Gasteiger partial charge in [-0.3, -0.25) is 0 Å². The van der Waals surface area contributed by atoms with Crippen LogP contribution >= 0.6 is 35.0 Å². The monoisotopic (exact) mass is 248 g/mol. The molecule has 0 saturated carbocycles. The molecule has 14 heavy (non-hydrogen) atoms. The van der Waals surface area contributed by atoms with E-state index in [0.29, 0.717) is 10.4 Å². The molecule has 2 rings (SSSR count). The molecule has 0 bridgehead atoms. The van der Waals surface area contributed by atoms with Gasteiger partial charge in [-0.1, -0.05) is 0 Å². The Morgan fingerprint density at radius 3 is 2.43 bits per heavy atom. The average Bonchev–Trinajstić information content (AvgIpc) is 2.54. The molecule has 0 atom stereocenters. The Morgan fingerprint density at radius 1 is 1.14 bits per heavy atom. The molecule has 0 fully saturated rings. The average molecular weight is 249 g/mol. The highest BCUT2D eigenvalue weighted by Gasteiger charge is 2.07. The summed E-state index contributed by atoms with van der Waals surface area (Å²) in [5, 5.41) is 0.846. The number of rotatable bonds is 2. The molecule has 0 radical (unpaired) electrons. The maximum atomic E-state index is 5.58. The van der Waals surface area contributed by atoms with E-state index >= 15 is 0 Å². The van der Waals surface area contributed by atoms with Crippen molar-refractivity contribution in [3.63, 3.8) is 0 Å². The van der Waals surface area contributed by atoms with Crippen LogP contribution < -0.4 is 0 Å². The van der Waals surface area contributed by atoms with Gasteiger partial charge < -0.3 is 4.42 Å². The van der Waals surface area contributed by atoms with Gasteiger partial charge in [0.25, 0.3) is 5.22 Å². The Hall–Kier alpha value is -0.850. The zero-order chi connectivity index (χ0) is 9.97. The molecule has 8 heteroatoms. The predicted octanol–water partition coefficient (Wildman–Crippen LogP) is 2.32. The lowest BCUT2D eigenvalue weighted by Crippen LogP contribution is -1.91. The normalized spacial score (nSPS) is 10.4. The van der Waals surface area contributed by atoms with Crippen molar-refractivity contribution in [2.75, 3.05) is 0 Å². The van der Waals surface area contributed by atoms with Gasteiger partial charge in [-0.25, -0.2) is 4.98 Å². The Balaban J connectivity index is 2.25. The Kier molecular flexibility index (Phi) is 2.85. The van der Waals surface area contributed by atoms with Gasteiger partial charge in [-0.15, -0.1) is 0 Å². The van der Waals surface area contributed by atoms with E-state index in [2.05, 4.69) is 19.9 Å². The fourth-order valence-corrected chi connectivity index (χ4v) is 1.79. The number of hydrogen-bond acceptors (Lipinski definition) is 6. The summed E-state index contributed by atoms with van der Waals surface area (Å²) in [4.78, 5) is 15.1. The molecule has 0 aliphatic carbocycles. The Labute approximate surface area is 92.9 Å². The van der Waals surface area contributed by atoms with E-state index in [9.17, 15) is 0 Å². The lowest BCUT2D eigenvalue weighted by atomic mass is 11.0. The number of hydrogen-bond donors (Lipinski definition) is 0. The Bertz CT molecular complexity index is 415. The van der Waals surface area contributed by atoms with E-state index in [1.54, 1.807) is 0 Å². The topological polar surface area (TPSA) is 64.7 Å². The number of nitrogens with zero attached hydrogens (tertiary/aromatic N) is 4. The number of aromatic nitrogens is 4. The van der Waals surface area contributed by atoms with E-state index in [4.69, 9.17) is 27.6 Å². The zero-order valence-electron chi connectivity index (χ0n) is 6.52. The molecule has 2 aromatic heterocycles. The van der Waals surface area contributed by atoms with Crippen molar-refractivity contribution in [2.24, 2.45) is 0 Å². The lowest BCUT2D eigenvalue weighted by molar-refractivity contribution is 0.453. The third-order valence-corrected chi connectivity index (χ3v) is 2.23. The molecule has 72 valence electrons. The van der Waals surface area contributed by atoms with Crippen LogP contribution in [0.25, 0.3) is 0 Å². The third kappa shape index (κ3) is 2.34. The third-order valence-electron chi connectivity index (χ3n) is 1.15. The van der Waals surface area contributed by atoms with Crippen molar-refractivity contribution in [2.45, 2.75) is 10.4 Å². The molecule has 2 heterocycles. The van der Waals surface area contributed by atoms with Crippen molar-refractivity contribution in [1.29, 1.82) is 0 Å². The number of halogens is 2. The van der Waals surface area contributed by atoms with Crippen LogP contribution in [0.1, 0.15) is 0 Å². The molecule has 2 aromatic rings. The highest BCUT2D eigenvalue weighted by atomic mass is 35.5. The largest absolute Gasteiger partial charge is 0.440 e. The first-order chi connectivity index (χ1) is 6.74. The van der Waals surface area contributed by atoms with Crippen molar-refractivity contribution < 1.29 is 4.42 Å². The molecule has 0 aromatic carbocycles. The smallest absolute Gasteiger partial charge is 0.263 e. The van der Waals surface area contributed by atoms with Gasteiger partial charge in [0.05, 0.1) is 6.20 Å². The van der Waals surface area contributed by atoms with Crippen LogP contribution in [0, 0.1) is 0 Å². The second kappa shape index (κ2) is 4.12. The summed E-state index contributed by atoms with van der Waals surface area (Å²) in [6.07, 6.45) is 2.97. The minimum atomic E-state index is 0.0408. The second-order valence-electron chi connectivity index (χ2n) is 2.06. The highest BCUT2D eigenvalue weighted by molar-refractivity contribution is 7.98. The zero-order valence-corrected chi connectivity index (χ0v) is 8.84. The quantitative estimate of drug-likeness (QED) is 0.813. The fourth-order valence-electron chi connectivity index (χ4n) is 0.693. The summed E-state index contributed by atoms with van der Waals surface area (Å²) < 4.78 is 4.98. The van der Waals surface area contributed by atoms with Gasteiger partial charge in [0.15, 0.2) is 0 Å². The van der Waals surface area contributed by atoms with Gasteiger partial charge >= 0.3 is 0 Å². The SMILES string of the molecule is Clc1nc(Cl)nc(Sc2ncco2)n1. The van der Waals surface area contributed by atoms with Gasteiger partial charge in [-0.2, -0.15) is 15.0 Å². The summed E-state index contributed by atoms with van der Waals surface area (Å²) in [5.41, 5.74) is 0. The first-order valence-electron chi connectivity index (χ1n) is 3.38. The molecular formula is C6H2Cl2N4OS. The molecule has 0 saturated heterocycles. The van der Waals surface area contributed by atoms with Gasteiger partial charge in [0.1, 0.15) is 6.26 Å². The van der Waals surface area contributed by atoms with Crippen LogP contribution in [0.15, 0.2) is 27.3 Å². The van der Waals surface area contributed by atoms with Crippen molar-refractivity contribution in [3.8, 4) is 0 Å². The molecule has 0 aliphatic heterocycles. The maximum absolute atomic E-state index is 5.58. The first kappa shape index (κ1) is 9.70. The van der Waals surface area contributed by atoms with Crippen molar-refractivity contribution in [3.05, 3.63) is 23.0 Å². The summed E-state index contributed by atoms with van der Waals surface area (Å²) in [6.45, 7) is 0. The molecular weight excluding hydrogens is 247 g/mol. The predicted molar refractivity (Wildman–Crippen MR) is 50.5 cm³/mol. The first-order valence-corrected chi connectivity index (χ1v) is 4.96. The molecule has 0 unspecified atom stereocenters. The lowest BCUT2D eigenvalue weighted by Gasteiger charge is -1.95. The van der Waals surface area contributed by atoms with E-state index in [0.717, 1.165) is 11.8 Å². The van der Waals surface area contributed by atoms with E-state index in [-0.39, 0.29) is 10.6 Å². The minimum absolute atomic E-state index is 0.0408. The standard InChI is InChI=1S/C6H2Cl2N4OS/c7-3-10-4(8)12-5(11-3)14-6-9-1-2-13-6/h1-2H. The fraction of sp³-hybridized carbons (Fsp3) is 0. The summed E-state index contributed by atoms with van der Waals surface area (Å²) in [6, 6.07) is 0. The van der Waals surface area contributed by atoms with Crippen LogP contribution in [0.2, 0.25) is 10.6 Å². The van der Waals surface area contributed by atoms with Crippen LogP contribution in [0.4, 0.5) is 0 Å². The summed E-state index contributed by atoms with van der Waals surface area (Å²) in [5.74, 6) is 0. The van der Waals surface area contributed by atoms with Crippen molar-refractivity contribution in [1.82, 2.24) is 19.9 Å². The molecule has 5 nitrogen and oxygen atoms in total. The second-order valence-corrected chi connectivity index (χ2v) is 3.65. The molecule has 0 aliphatic rings. The van der Waals surface area contributed by atoms with Gasteiger partial charge in [0.2, 0.25) is 15.7 Å². The van der Waals surface area contributed by atoms with Gasteiger partial charge in [0, 0.05) is 11.8 Å². The van der Waals surface area contributed by atoms with E-state index in [1.807, 2.05) is 0 Å². The van der Waals surface area contributed by atoms with Crippen LogP contribution in [-0.2, 0) is 0 Å². The number of oxazole rings is 1. The molecule has 0 amide bonds. The molecule has 0 N–H and O–H groups in total. The summed E-state index contributed by atoms with van der Waals surface area (Å²) in [7, 11) is 0. The summed E-state index contributed by atoms with van der Waals surface area (Å²) >= 11 is 12.3. The van der Waals surface area contributed by atoms with E-state index < -0.39 is 0 Å². The van der Waals surface area contributed by atoms with Crippen LogP contribution in [0.3, 0.4) is 0 Å². The Morgan fingerprint density at radius 2 is 1.86 bits per heavy atom. The van der Waals surface area contributed by atoms with Crippen LogP contribution in [0.5, 0.6) is 0 Å². The van der Waals surface area contributed by atoms with Gasteiger partial charge in [-0.05, 0) is 23.2 Å². The van der Waals surface area contributed by atoms with Crippen LogP contribution in [-0.4, -0.2) is 19.9 Å². The maximum Gasteiger partial charge on any atom is 0.263 e. The molecule has 0 spiro atoms.